The lowest BCUT2D eigenvalue weighted by atomic mass is 9.97. The molecule has 1 aromatic heterocycles. The zero-order valence-electron chi connectivity index (χ0n) is 19.6. The smallest absolute Gasteiger partial charge is 0.252 e. The van der Waals surface area contributed by atoms with Gasteiger partial charge in [-0.05, 0) is 61.6 Å². The van der Waals surface area contributed by atoms with Crippen LogP contribution in [0.1, 0.15) is 40.7 Å². The van der Waals surface area contributed by atoms with Crippen LogP contribution in [0.25, 0.3) is 10.9 Å². The number of nitrogens with zero attached hydrogens (tertiary/aromatic N) is 2. The van der Waals surface area contributed by atoms with Gasteiger partial charge in [-0.2, -0.15) is 0 Å². The van der Waals surface area contributed by atoms with Crippen LogP contribution in [0.2, 0.25) is 0 Å². The lowest BCUT2D eigenvalue weighted by molar-refractivity contribution is 0.0457. The molecule has 2 aliphatic rings. The molecule has 6 nitrogen and oxygen atoms in total. The van der Waals surface area contributed by atoms with E-state index in [0.29, 0.717) is 24.5 Å². The maximum absolute atomic E-state index is 13.4. The van der Waals surface area contributed by atoms with Crippen molar-refractivity contribution in [3.63, 3.8) is 0 Å². The maximum atomic E-state index is 13.4. The number of halogens is 1. The van der Waals surface area contributed by atoms with Gasteiger partial charge in [0.2, 0.25) is 0 Å². The second-order valence-electron chi connectivity index (χ2n) is 9.24. The molecule has 5 rings (SSSR count). The lowest BCUT2D eigenvalue weighted by Gasteiger charge is -2.40. The van der Waals surface area contributed by atoms with Gasteiger partial charge in [0, 0.05) is 42.3 Å². The van der Waals surface area contributed by atoms with E-state index in [9.17, 15) is 9.18 Å². The number of pyridine rings is 1. The topological polar surface area (TPSA) is 63.7 Å². The van der Waals surface area contributed by atoms with E-state index in [1.54, 1.807) is 13.3 Å². The summed E-state index contributed by atoms with van der Waals surface area (Å²) < 4.78 is 24.1. The van der Waals surface area contributed by atoms with Crippen LogP contribution in [0.5, 0.6) is 11.5 Å². The normalized spacial score (nSPS) is 18.9. The molecule has 3 aromatic rings. The number of amides is 1. The Morgan fingerprint density at radius 3 is 2.79 bits per heavy atom. The molecule has 1 saturated heterocycles. The maximum Gasteiger partial charge on any atom is 0.252 e. The summed E-state index contributed by atoms with van der Waals surface area (Å²) in [7, 11) is 1.64. The summed E-state index contributed by atoms with van der Waals surface area (Å²) in [5.74, 6) is 1.26. The summed E-state index contributed by atoms with van der Waals surface area (Å²) in [5.41, 5.74) is 2.94. The van der Waals surface area contributed by atoms with E-state index in [0.717, 1.165) is 53.6 Å². The Bertz CT molecular complexity index is 1210. The van der Waals surface area contributed by atoms with Crippen molar-refractivity contribution >= 4 is 16.8 Å². The number of aryl methyl sites for hydroxylation is 1. The van der Waals surface area contributed by atoms with Gasteiger partial charge in [-0.25, -0.2) is 4.39 Å². The minimum absolute atomic E-state index is 0.122. The van der Waals surface area contributed by atoms with Crippen molar-refractivity contribution in [2.45, 2.75) is 37.8 Å². The number of benzene rings is 2. The number of likely N-dealkylation sites (tertiary alicyclic amines) is 1. The number of ether oxygens (including phenoxy) is 2. The first kappa shape index (κ1) is 22.6. The van der Waals surface area contributed by atoms with Crippen LogP contribution in [0.15, 0.2) is 48.7 Å². The first-order valence-corrected chi connectivity index (χ1v) is 11.8. The number of hydrogen-bond acceptors (Lipinski definition) is 5. The fraction of sp³-hybridized carbons (Fsp3) is 0.407. The minimum atomic E-state index is -0.436. The highest BCUT2D eigenvalue weighted by molar-refractivity contribution is 5.97. The van der Waals surface area contributed by atoms with Gasteiger partial charge in [0.15, 0.2) is 0 Å². The summed E-state index contributed by atoms with van der Waals surface area (Å²) in [6.07, 6.45) is 4.48. The van der Waals surface area contributed by atoms with Gasteiger partial charge in [0.1, 0.15) is 24.8 Å². The van der Waals surface area contributed by atoms with Crippen molar-refractivity contribution in [2.24, 2.45) is 0 Å². The molecular weight excluding hydrogens is 433 g/mol. The van der Waals surface area contributed by atoms with Crippen LogP contribution < -0.4 is 14.8 Å². The molecule has 7 heteroatoms. The number of fused-ring (bicyclic) bond motifs is 1. The molecule has 2 heterocycles. The van der Waals surface area contributed by atoms with Crippen LogP contribution in [-0.2, 0) is 5.54 Å². The molecule has 1 aliphatic heterocycles. The van der Waals surface area contributed by atoms with Crippen molar-refractivity contribution < 1.29 is 18.7 Å². The number of methoxy groups -OCH3 is 1. The molecule has 1 amide bonds. The first-order valence-electron chi connectivity index (χ1n) is 11.8. The number of carbonyl (C=O) groups is 1. The summed E-state index contributed by atoms with van der Waals surface area (Å²) in [5, 5.41) is 4.32. The second-order valence-corrected chi connectivity index (χ2v) is 9.24. The fourth-order valence-corrected chi connectivity index (χ4v) is 4.76. The predicted octanol–water partition coefficient (Wildman–Crippen LogP) is 4.39. The van der Waals surface area contributed by atoms with Gasteiger partial charge in [-0.1, -0.05) is 12.1 Å². The lowest BCUT2D eigenvalue weighted by Crippen LogP contribution is -2.51. The molecule has 0 radical (unpaired) electrons. The average molecular weight is 464 g/mol. The molecule has 1 saturated carbocycles. The zero-order valence-corrected chi connectivity index (χ0v) is 19.6. The van der Waals surface area contributed by atoms with Gasteiger partial charge in [0.05, 0.1) is 18.2 Å². The molecule has 1 atom stereocenters. The van der Waals surface area contributed by atoms with Gasteiger partial charge in [-0.3, -0.25) is 14.7 Å². The van der Waals surface area contributed by atoms with E-state index in [4.69, 9.17) is 9.47 Å². The molecule has 178 valence electrons. The third-order valence-corrected chi connectivity index (χ3v) is 7.08. The molecule has 0 bridgehead atoms. The number of hydrogen-bond donors (Lipinski definition) is 1. The van der Waals surface area contributed by atoms with E-state index >= 15 is 0 Å². The quantitative estimate of drug-likeness (QED) is 0.510. The Morgan fingerprint density at radius 2 is 2.09 bits per heavy atom. The van der Waals surface area contributed by atoms with Gasteiger partial charge in [-0.15, -0.1) is 0 Å². The Balaban J connectivity index is 1.35. The molecule has 34 heavy (non-hydrogen) atoms. The molecule has 2 fully saturated rings. The molecular formula is C27H30FN3O3. The van der Waals surface area contributed by atoms with Crippen LogP contribution in [0.4, 0.5) is 4.39 Å². The van der Waals surface area contributed by atoms with Crippen molar-refractivity contribution in [1.29, 1.82) is 0 Å². The third kappa shape index (κ3) is 4.32. The molecule has 0 spiro atoms. The van der Waals surface area contributed by atoms with Crippen LogP contribution in [-0.4, -0.2) is 55.3 Å². The first-order chi connectivity index (χ1) is 16.5. The van der Waals surface area contributed by atoms with Crippen molar-refractivity contribution in [3.05, 3.63) is 65.4 Å². The van der Waals surface area contributed by atoms with E-state index < -0.39 is 5.54 Å². The van der Waals surface area contributed by atoms with Crippen LogP contribution in [0.3, 0.4) is 0 Å². The third-order valence-electron chi connectivity index (χ3n) is 7.08. The van der Waals surface area contributed by atoms with Crippen molar-refractivity contribution in [1.82, 2.24) is 15.2 Å². The van der Waals surface area contributed by atoms with Gasteiger partial charge in [0.25, 0.3) is 5.91 Å². The minimum Gasteiger partial charge on any atom is -0.497 e. The van der Waals surface area contributed by atoms with Crippen molar-refractivity contribution in [2.75, 3.05) is 33.5 Å². The van der Waals surface area contributed by atoms with E-state index in [1.165, 1.54) is 0 Å². The highest BCUT2D eigenvalue weighted by Gasteiger charge is 2.47. The van der Waals surface area contributed by atoms with E-state index in [2.05, 4.69) is 15.2 Å². The van der Waals surface area contributed by atoms with Crippen LogP contribution in [0, 0.1) is 6.92 Å². The largest absolute Gasteiger partial charge is 0.497 e. The second kappa shape index (κ2) is 9.22. The Morgan fingerprint density at radius 1 is 1.24 bits per heavy atom. The molecule has 2 aromatic carbocycles. The number of alkyl halides is 1. The SMILES string of the molecule is COc1cc(C2(NC(=O)c3cc(OC[C@@H]4CCN4CCF)ccc3C)CC2)c2cccnc2c1. The Hall–Kier alpha value is -3.19. The average Bonchev–Trinajstić information content (AvgIpc) is 3.62. The van der Waals surface area contributed by atoms with Crippen molar-refractivity contribution in [3.8, 4) is 11.5 Å². The van der Waals surface area contributed by atoms with Gasteiger partial charge >= 0.3 is 0 Å². The highest BCUT2D eigenvalue weighted by Crippen LogP contribution is 2.49. The monoisotopic (exact) mass is 463 g/mol. The highest BCUT2D eigenvalue weighted by atomic mass is 19.1. The summed E-state index contributed by atoms with van der Waals surface area (Å²) >= 11 is 0. The van der Waals surface area contributed by atoms with Crippen LogP contribution >= 0.6 is 0 Å². The fourth-order valence-electron chi connectivity index (χ4n) is 4.76. The standard InChI is InChI=1S/C27H30FN3O3/c1-18-5-6-20(34-17-19-7-12-31(19)13-10-28)14-23(18)26(32)30-27(8-9-27)24-15-21(33-2)16-25-22(24)4-3-11-29-25/h3-6,11,14-16,19H,7-10,12-13,17H2,1-2H3,(H,30,32)/t19-/m0/s1. The molecule has 1 aliphatic carbocycles. The number of carbonyl (C=O) groups excluding carboxylic acids is 1. The summed E-state index contributed by atoms with van der Waals surface area (Å²) in [4.78, 5) is 20.0. The molecule has 1 N–H and O–H groups in total. The summed E-state index contributed by atoms with van der Waals surface area (Å²) in [6.45, 7) is 3.45. The number of nitrogens with one attached hydrogen (secondary N) is 1. The van der Waals surface area contributed by atoms with E-state index in [-0.39, 0.29) is 18.6 Å². The van der Waals surface area contributed by atoms with E-state index in [1.807, 2.05) is 49.4 Å². The number of rotatable bonds is 9. The van der Waals surface area contributed by atoms with Gasteiger partial charge < -0.3 is 14.8 Å². The predicted molar refractivity (Wildman–Crippen MR) is 129 cm³/mol. The Kier molecular flexibility index (Phi) is 6.13. The number of aromatic nitrogens is 1. The Labute approximate surface area is 199 Å². The summed E-state index contributed by atoms with van der Waals surface area (Å²) in [6, 6.07) is 13.7. The zero-order chi connectivity index (χ0) is 23.7. The molecule has 0 unspecified atom stereocenters.